The van der Waals surface area contributed by atoms with E-state index in [1.54, 1.807) is 0 Å². The average molecular weight is 682 g/mol. The molecule has 11 atom stereocenters. The van der Waals surface area contributed by atoms with E-state index in [0.717, 1.165) is 12.3 Å². The summed E-state index contributed by atoms with van der Waals surface area (Å²) < 4.78 is 58.8. The first-order valence-electron chi connectivity index (χ1n) is 12.5. The Balaban J connectivity index is 1.54. The molecule has 248 valence electrons. The Morgan fingerprint density at radius 1 is 0.953 bits per heavy atom. The van der Waals surface area contributed by atoms with Crippen LogP contribution in [0.2, 0.25) is 0 Å². The molecule has 6 N–H and O–H groups in total. The minimum Gasteiger partial charge on any atom is -0.756 e. The fraction of sp³-hybridized carbons (Fsp3) is 0.800. The molecule has 2 fully saturated rings. The molecule has 2 aliphatic heterocycles. The maximum Gasteiger partial charge on any atom is 0.330 e. The van der Waals surface area contributed by atoms with Gasteiger partial charge >= 0.3 is 5.69 Å². The van der Waals surface area contributed by atoms with Gasteiger partial charge in [-0.15, -0.1) is 0 Å². The molecule has 3 rings (SSSR count). The van der Waals surface area contributed by atoms with Crippen LogP contribution in [0, 0.1) is 0 Å². The van der Waals surface area contributed by atoms with E-state index in [4.69, 9.17) is 18.9 Å². The minimum atomic E-state index is -5.90. The molecule has 2 saturated heterocycles. The number of aliphatic hydroxyl groups excluding tert-OH is 5. The summed E-state index contributed by atoms with van der Waals surface area (Å²) in [6.45, 7) is -0.0626. The molecular weight excluding hydrogens is 650 g/mol. The Labute approximate surface area is 247 Å². The SMILES string of the molecule is COCCOCCSCC1O[C@H](OP(=O)([O-])OP(=O)([O-])OCC2OC(n3ccc(=O)[nH]c3=O)[C@H](O)[C@@H]2O)C(O)[C@@H](O)[C@H]1O. The lowest BCUT2D eigenvalue weighted by molar-refractivity contribution is -0.298. The van der Waals surface area contributed by atoms with Gasteiger partial charge in [0, 0.05) is 30.9 Å². The van der Waals surface area contributed by atoms with Crippen molar-refractivity contribution >= 4 is 27.4 Å². The molecule has 2 aliphatic rings. The maximum atomic E-state index is 12.3. The second-order valence-corrected chi connectivity index (χ2v) is 13.2. The second-order valence-electron chi connectivity index (χ2n) is 9.14. The third kappa shape index (κ3) is 10.2. The summed E-state index contributed by atoms with van der Waals surface area (Å²) in [7, 11) is -10.2. The zero-order valence-corrected chi connectivity index (χ0v) is 25.0. The number of rotatable bonds is 16. The maximum absolute atomic E-state index is 12.3. The van der Waals surface area contributed by atoms with Crippen molar-refractivity contribution in [2.45, 2.75) is 55.2 Å². The van der Waals surface area contributed by atoms with Gasteiger partial charge in [-0.05, 0) is 0 Å². The van der Waals surface area contributed by atoms with E-state index in [9.17, 15) is 54.0 Å². The second kappa shape index (κ2) is 16.0. The van der Waals surface area contributed by atoms with Crippen molar-refractivity contribution in [3.63, 3.8) is 0 Å². The largest absolute Gasteiger partial charge is 0.756 e. The molecule has 0 bridgehead atoms. The number of methoxy groups -OCH3 is 1. The summed E-state index contributed by atoms with van der Waals surface area (Å²) in [5.74, 6) is 0.409. The molecule has 0 radical (unpaired) electrons. The number of hydrogen-bond acceptors (Lipinski definition) is 19. The molecule has 0 spiro atoms. The number of aliphatic hydroxyl groups is 5. The number of nitrogens with one attached hydrogen (secondary N) is 1. The standard InChI is InChI=1S/C20H34N2O18P2S/c1-34-4-5-35-6-7-43-9-11-14(25)15(26)17(28)19(38-11)39-42(32,33)40-41(30,31)36-8-10-13(24)16(27)18(37-10)22-3-2-12(23)21-20(22)29/h2-3,10-11,13-19,24-28H,4-9H2,1H3,(H,30,31)(H,32,33)(H,21,23,29)/p-2/t10?,11?,13-,14+,15+,16-,17?,18?,19-/m1/s1. The van der Waals surface area contributed by atoms with Gasteiger partial charge in [0.1, 0.15) is 36.6 Å². The van der Waals surface area contributed by atoms with Gasteiger partial charge in [0.05, 0.1) is 32.5 Å². The van der Waals surface area contributed by atoms with E-state index in [-0.39, 0.29) is 5.75 Å². The van der Waals surface area contributed by atoms with Crippen molar-refractivity contribution in [3.8, 4) is 0 Å². The van der Waals surface area contributed by atoms with Gasteiger partial charge < -0.3 is 58.8 Å². The Hall–Kier alpha value is -1.07. The number of phosphoric acid groups is 2. The summed E-state index contributed by atoms with van der Waals surface area (Å²) in [4.78, 5) is 49.7. The first kappa shape index (κ1) is 36.4. The van der Waals surface area contributed by atoms with Crippen molar-refractivity contribution < 1.29 is 76.8 Å². The number of H-pyrrole nitrogens is 1. The highest BCUT2D eigenvalue weighted by molar-refractivity contribution is 7.99. The summed E-state index contributed by atoms with van der Waals surface area (Å²) in [5.41, 5.74) is -1.77. The normalized spacial score (nSPS) is 34.1. The number of hydrogen-bond donors (Lipinski definition) is 6. The van der Waals surface area contributed by atoms with E-state index in [2.05, 4.69) is 13.4 Å². The number of ether oxygens (including phenoxy) is 4. The molecule has 0 aliphatic carbocycles. The Morgan fingerprint density at radius 3 is 2.33 bits per heavy atom. The molecule has 43 heavy (non-hydrogen) atoms. The van der Waals surface area contributed by atoms with Gasteiger partial charge in [-0.1, -0.05) is 0 Å². The fourth-order valence-electron chi connectivity index (χ4n) is 3.88. The Bertz CT molecular complexity index is 1250. The number of aromatic amines is 1. The highest BCUT2D eigenvalue weighted by Gasteiger charge is 2.47. The zero-order chi connectivity index (χ0) is 31.9. The average Bonchev–Trinajstić information content (AvgIpc) is 3.20. The Kier molecular flexibility index (Phi) is 13.5. The van der Waals surface area contributed by atoms with Crippen molar-refractivity contribution in [3.05, 3.63) is 33.1 Å². The number of nitrogens with zero attached hydrogens (tertiary/aromatic N) is 1. The molecule has 0 amide bonds. The van der Waals surface area contributed by atoms with Crippen LogP contribution in [-0.4, -0.2) is 129 Å². The van der Waals surface area contributed by atoms with Crippen LogP contribution in [0.15, 0.2) is 21.9 Å². The van der Waals surface area contributed by atoms with Gasteiger partial charge in [0.2, 0.25) is 0 Å². The lowest BCUT2D eigenvalue weighted by Gasteiger charge is -2.42. The van der Waals surface area contributed by atoms with Crippen LogP contribution >= 0.6 is 27.4 Å². The van der Waals surface area contributed by atoms with Gasteiger partial charge in [-0.3, -0.25) is 28.0 Å². The first-order chi connectivity index (χ1) is 20.2. The van der Waals surface area contributed by atoms with E-state index in [1.807, 2.05) is 4.98 Å². The van der Waals surface area contributed by atoms with Gasteiger partial charge in [-0.25, -0.2) is 9.11 Å². The number of aromatic nitrogens is 2. The predicted octanol–water partition coefficient (Wildman–Crippen LogP) is -4.65. The van der Waals surface area contributed by atoms with Crippen molar-refractivity contribution in [1.29, 1.82) is 0 Å². The fourth-order valence-corrected chi connectivity index (χ4v) is 6.88. The van der Waals surface area contributed by atoms with Crippen LogP contribution in [0.5, 0.6) is 0 Å². The third-order valence-electron chi connectivity index (χ3n) is 6.05. The third-order valence-corrected chi connectivity index (χ3v) is 9.60. The smallest absolute Gasteiger partial charge is 0.330 e. The van der Waals surface area contributed by atoms with Crippen molar-refractivity contribution in [2.24, 2.45) is 0 Å². The first-order valence-corrected chi connectivity index (χ1v) is 16.6. The minimum absolute atomic E-state index is 0.00658. The molecular formula is C20H32N2O18P2S-2. The summed E-state index contributed by atoms with van der Waals surface area (Å²) in [5, 5.41) is 50.8. The zero-order valence-electron chi connectivity index (χ0n) is 22.4. The molecule has 0 saturated carbocycles. The lowest BCUT2D eigenvalue weighted by Crippen LogP contribution is -2.58. The van der Waals surface area contributed by atoms with Crippen LogP contribution in [0.3, 0.4) is 0 Å². The van der Waals surface area contributed by atoms with Crippen LogP contribution in [-0.2, 0) is 41.4 Å². The topological polar surface area (TPSA) is 301 Å². The molecule has 20 nitrogen and oxygen atoms in total. The summed E-state index contributed by atoms with van der Waals surface area (Å²) in [6.07, 6.45) is -15.0. The lowest BCUT2D eigenvalue weighted by atomic mass is 10.0. The summed E-state index contributed by atoms with van der Waals surface area (Å²) in [6, 6.07) is 0.924. The number of thioether (sulfide) groups is 1. The highest BCUT2D eigenvalue weighted by atomic mass is 32.2. The monoisotopic (exact) mass is 682 g/mol. The van der Waals surface area contributed by atoms with E-state index in [1.165, 1.54) is 18.9 Å². The van der Waals surface area contributed by atoms with Crippen LogP contribution in [0.4, 0.5) is 0 Å². The molecule has 1 aromatic heterocycles. The van der Waals surface area contributed by atoms with Gasteiger partial charge in [0.25, 0.3) is 21.2 Å². The van der Waals surface area contributed by atoms with Crippen LogP contribution in [0.1, 0.15) is 6.23 Å². The highest BCUT2D eigenvalue weighted by Crippen LogP contribution is 2.57. The van der Waals surface area contributed by atoms with Crippen molar-refractivity contribution in [1.82, 2.24) is 9.55 Å². The van der Waals surface area contributed by atoms with Gasteiger partial charge in [-0.2, -0.15) is 11.8 Å². The molecule has 0 aromatic carbocycles. The molecule has 6 unspecified atom stereocenters. The van der Waals surface area contributed by atoms with E-state index >= 15 is 0 Å². The van der Waals surface area contributed by atoms with Crippen LogP contribution < -0.4 is 21.0 Å². The number of phosphoric ester groups is 2. The quantitative estimate of drug-likeness (QED) is 0.0705. The Morgan fingerprint density at radius 2 is 1.65 bits per heavy atom. The van der Waals surface area contributed by atoms with Gasteiger partial charge in [0.15, 0.2) is 12.5 Å². The van der Waals surface area contributed by atoms with E-state index < -0.39 is 88.7 Å². The molecule has 23 heteroatoms. The predicted molar refractivity (Wildman–Crippen MR) is 137 cm³/mol. The summed E-state index contributed by atoms with van der Waals surface area (Å²) >= 11 is 1.20. The molecule has 3 heterocycles. The molecule has 1 aromatic rings. The van der Waals surface area contributed by atoms with Crippen LogP contribution in [0.25, 0.3) is 0 Å². The van der Waals surface area contributed by atoms with E-state index in [0.29, 0.717) is 30.1 Å². The van der Waals surface area contributed by atoms with Crippen molar-refractivity contribution in [2.75, 3.05) is 45.0 Å².